The Morgan fingerprint density at radius 2 is 2.06 bits per heavy atom. The predicted octanol–water partition coefficient (Wildman–Crippen LogP) is 2.41. The number of rotatable bonds is 8. The first-order valence-corrected chi connectivity index (χ1v) is 7.04. The van der Waals surface area contributed by atoms with Gasteiger partial charge in [0.05, 0.1) is 11.7 Å². The smallest absolute Gasteiger partial charge is 0.0764 e. The van der Waals surface area contributed by atoms with Gasteiger partial charge in [-0.1, -0.05) is 13.8 Å². The molecule has 0 aliphatic rings. The molecule has 4 heteroatoms. The van der Waals surface area contributed by atoms with Crippen molar-refractivity contribution in [1.29, 1.82) is 0 Å². The summed E-state index contributed by atoms with van der Waals surface area (Å²) in [6.45, 7) is 8.40. The highest BCUT2D eigenvalue weighted by Crippen LogP contribution is 2.14. The molecule has 0 bridgehead atoms. The average Bonchev–Trinajstić information content (AvgIpc) is 2.76. The summed E-state index contributed by atoms with van der Waals surface area (Å²) in [4.78, 5) is 2.28. The molecule has 0 aromatic carbocycles. The van der Waals surface area contributed by atoms with Crippen molar-refractivity contribution in [2.45, 2.75) is 58.7 Å². The first kappa shape index (κ1) is 15.2. The van der Waals surface area contributed by atoms with Crippen molar-refractivity contribution < 1.29 is 0 Å². The van der Waals surface area contributed by atoms with E-state index >= 15 is 0 Å². The molecule has 1 aromatic heterocycles. The standard InChI is InChI=1S/C14H28N4/c1-5-14(6-2)18-10-8-13(16-18)11-17(4)9-7-12(3)15/h8,10,12,14H,5-7,9,11,15H2,1-4H3. The van der Waals surface area contributed by atoms with Gasteiger partial charge in [-0.2, -0.15) is 5.10 Å². The molecule has 0 spiro atoms. The van der Waals surface area contributed by atoms with Gasteiger partial charge >= 0.3 is 0 Å². The summed E-state index contributed by atoms with van der Waals surface area (Å²) in [6.07, 6.45) is 5.41. The number of nitrogens with zero attached hydrogens (tertiary/aromatic N) is 3. The van der Waals surface area contributed by atoms with E-state index in [1.54, 1.807) is 0 Å². The van der Waals surface area contributed by atoms with E-state index < -0.39 is 0 Å². The molecule has 1 unspecified atom stereocenters. The molecule has 0 aliphatic carbocycles. The molecule has 18 heavy (non-hydrogen) atoms. The highest BCUT2D eigenvalue weighted by atomic mass is 15.3. The Morgan fingerprint density at radius 1 is 1.39 bits per heavy atom. The molecular formula is C14H28N4. The topological polar surface area (TPSA) is 47.1 Å². The van der Waals surface area contributed by atoms with Crippen molar-refractivity contribution in [3.05, 3.63) is 18.0 Å². The van der Waals surface area contributed by atoms with Gasteiger partial charge in [-0.25, -0.2) is 0 Å². The molecule has 1 rings (SSSR count). The van der Waals surface area contributed by atoms with E-state index in [9.17, 15) is 0 Å². The van der Waals surface area contributed by atoms with Gasteiger partial charge in [0.2, 0.25) is 0 Å². The molecule has 1 aromatic rings. The summed E-state index contributed by atoms with van der Waals surface area (Å²) in [5.41, 5.74) is 6.91. The van der Waals surface area contributed by atoms with E-state index in [4.69, 9.17) is 5.73 Å². The minimum absolute atomic E-state index is 0.273. The Labute approximate surface area is 111 Å². The van der Waals surface area contributed by atoms with Crippen molar-refractivity contribution in [1.82, 2.24) is 14.7 Å². The van der Waals surface area contributed by atoms with Crippen LogP contribution in [0.3, 0.4) is 0 Å². The molecule has 4 nitrogen and oxygen atoms in total. The van der Waals surface area contributed by atoms with E-state index in [1.165, 1.54) is 0 Å². The molecule has 104 valence electrons. The lowest BCUT2D eigenvalue weighted by atomic mass is 10.2. The second kappa shape index (κ2) is 7.54. The molecule has 0 saturated carbocycles. The molecule has 1 atom stereocenters. The van der Waals surface area contributed by atoms with Crippen LogP contribution in [0.4, 0.5) is 0 Å². The number of nitrogens with two attached hydrogens (primary N) is 1. The fraction of sp³-hybridized carbons (Fsp3) is 0.786. The van der Waals surface area contributed by atoms with Crippen LogP contribution in [-0.4, -0.2) is 34.3 Å². The fourth-order valence-corrected chi connectivity index (χ4v) is 2.11. The maximum absolute atomic E-state index is 5.77. The average molecular weight is 252 g/mol. The second-order valence-corrected chi connectivity index (χ2v) is 5.26. The van der Waals surface area contributed by atoms with Crippen molar-refractivity contribution in [2.24, 2.45) is 5.73 Å². The first-order chi connectivity index (χ1) is 8.56. The third-order valence-electron chi connectivity index (χ3n) is 3.38. The van der Waals surface area contributed by atoms with Crippen LogP contribution in [0.2, 0.25) is 0 Å². The Bertz CT molecular complexity index is 328. The van der Waals surface area contributed by atoms with E-state index in [0.29, 0.717) is 6.04 Å². The van der Waals surface area contributed by atoms with E-state index in [0.717, 1.165) is 38.0 Å². The highest BCUT2D eigenvalue weighted by Gasteiger charge is 2.09. The minimum Gasteiger partial charge on any atom is -0.328 e. The van der Waals surface area contributed by atoms with Crippen molar-refractivity contribution in [3.8, 4) is 0 Å². The predicted molar refractivity (Wildman–Crippen MR) is 76.4 cm³/mol. The van der Waals surface area contributed by atoms with Crippen molar-refractivity contribution in [3.63, 3.8) is 0 Å². The van der Waals surface area contributed by atoms with Crippen molar-refractivity contribution >= 4 is 0 Å². The van der Waals surface area contributed by atoms with Gasteiger partial charge in [0, 0.05) is 18.8 Å². The maximum Gasteiger partial charge on any atom is 0.0764 e. The van der Waals surface area contributed by atoms with Crippen molar-refractivity contribution in [2.75, 3.05) is 13.6 Å². The third kappa shape index (κ3) is 4.78. The Hall–Kier alpha value is -0.870. The monoisotopic (exact) mass is 252 g/mol. The van der Waals surface area contributed by atoms with Gasteiger partial charge in [0.25, 0.3) is 0 Å². The van der Waals surface area contributed by atoms with Crippen LogP contribution in [0.1, 0.15) is 51.8 Å². The third-order valence-corrected chi connectivity index (χ3v) is 3.38. The largest absolute Gasteiger partial charge is 0.328 e. The Morgan fingerprint density at radius 3 is 2.61 bits per heavy atom. The quantitative estimate of drug-likeness (QED) is 0.773. The second-order valence-electron chi connectivity index (χ2n) is 5.26. The normalized spacial score (nSPS) is 13.5. The zero-order valence-electron chi connectivity index (χ0n) is 12.3. The summed E-state index contributed by atoms with van der Waals surface area (Å²) in [5.74, 6) is 0. The van der Waals surface area contributed by atoms with Gasteiger partial charge < -0.3 is 10.6 Å². The van der Waals surface area contributed by atoms with Crippen LogP contribution in [0.5, 0.6) is 0 Å². The van der Waals surface area contributed by atoms with Gasteiger partial charge in [0.15, 0.2) is 0 Å². The highest BCUT2D eigenvalue weighted by molar-refractivity contribution is 4.99. The molecule has 1 heterocycles. The van der Waals surface area contributed by atoms with Gasteiger partial charge in [0.1, 0.15) is 0 Å². The summed E-state index contributed by atoms with van der Waals surface area (Å²) >= 11 is 0. The molecule has 0 amide bonds. The van der Waals surface area contributed by atoms with Crippen LogP contribution in [0, 0.1) is 0 Å². The summed E-state index contributed by atoms with van der Waals surface area (Å²) in [5, 5.41) is 4.66. The van der Waals surface area contributed by atoms with Gasteiger partial charge in [-0.15, -0.1) is 0 Å². The maximum atomic E-state index is 5.77. The Kier molecular flexibility index (Phi) is 6.36. The first-order valence-electron chi connectivity index (χ1n) is 7.04. The summed E-state index contributed by atoms with van der Waals surface area (Å²) in [6, 6.07) is 2.93. The lowest BCUT2D eigenvalue weighted by Crippen LogP contribution is -2.26. The zero-order valence-corrected chi connectivity index (χ0v) is 12.3. The lowest BCUT2D eigenvalue weighted by Gasteiger charge is -2.17. The molecule has 0 fully saturated rings. The number of aromatic nitrogens is 2. The molecule has 0 radical (unpaired) electrons. The van der Waals surface area contributed by atoms with Crippen LogP contribution >= 0.6 is 0 Å². The number of hydrogen-bond acceptors (Lipinski definition) is 3. The minimum atomic E-state index is 0.273. The van der Waals surface area contributed by atoms with Crippen LogP contribution < -0.4 is 5.73 Å². The van der Waals surface area contributed by atoms with Crippen LogP contribution in [-0.2, 0) is 6.54 Å². The number of hydrogen-bond donors (Lipinski definition) is 1. The van der Waals surface area contributed by atoms with E-state index in [-0.39, 0.29) is 6.04 Å². The van der Waals surface area contributed by atoms with Gasteiger partial charge in [-0.05, 0) is 45.8 Å². The molecular weight excluding hydrogens is 224 g/mol. The van der Waals surface area contributed by atoms with E-state index in [1.807, 2.05) is 0 Å². The summed E-state index contributed by atoms with van der Waals surface area (Å²) in [7, 11) is 2.12. The van der Waals surface area contributed by atoms with Crippen LogP contribution in [0.15, 0.2) is 12.3 Å². The zero-order chi connectivity index (χ0) is 13.5. The summed E-state index contributed by atoms with van der Waals surface area (Å²) < 4.78 is 2.11. The van der Waals surface area contributed by atoms with Gasteiger partial charge in [-0.3, -0.25) is 4.68 Å². The van der Waals surface area contributed by atoms with Crippen LogP contribution in [0.25, 0.3) is 0 Å². The lowest BCUT2D eigenvalue weighted by molar-refractivity contribution is 0.306. The molecule has 0 saturated heterocycles. The van der Waals surface area contributed by atoms with E-state index in [2.05, 4.69) is 54.8 Å². The molecule has 2 N–H and O–H groups in total. The SMILES string of the molecule is CCC(CC)n1ccc(CN(C)CCC(C)N)n1. The Balaban J connectivity index is 2.48. The molecule has 0 aliphatic heterocycles. The fourth-order valence-electron chi connectivity index (χ4n) is 2.11.